The molecule has 8 fully saturated rings. The number of aliphatic hydroxyl groups excluding tert-OH is 4. The van der Waals surface area contributed by atoms with Gasteiger partial charge in [-0.05, 0) is 132 Å². The van der Waals surface area contributed by atoms with Crippen molar-refractivity contribution in [2.24, 2.45) is 76.6 Å². The predicted octanol–water partition coefficient (Wildman–Crippen LogP) is 0.699. The monoisotopic (exact) mass is 788 g/mol. The molecule has 13 heteroatoms. The molecule has 5 aliphatic heterocycles. The molecule has 20 unspecified atom stereocenters. The second-order valence-electron chi connectivity index (χ2n) is 19.7. The average molecular weight is 788 g/mol. The molecule has 20 atom stereocenters. The summed E-state index contributed by atoms with van der Waals surface area (Å²) < 4.78 is 21.1. The SMILES string of the molecule is CC=C(CO)C(=O)OC1CC2C(O)C3C(=O)CC(CO)OC3C3C4CC5CC(O)CCC5CCC(CC(CC5CCC(N)[NH2+]C5)C1(C)OC23)C1C(N)NCCC41. The highest BCUT2D eigenvalue weighted by atomic mass is 16.6. The summed E-state index contributed by atoms with van der Waals surface area (Å²) in [5, 5.41) is 50.1. The first-order valence-electron chi connectivity index (χ1n) is 22.3. The second-order valence-corrected chi connectivity index (χ2v) is 19.7. The number of ether oxygens (including phenoxy) is 3. The summed E-state index contributed by atoms with van der Waals surface area (Å²) in [5.41, 5.74) is 12.8. The van der Waals surface area contributed by atoms with Gasteiger partial charge in [0.1, 0.15) is 23.7 Å². The third kappa shape index (κ3) is 7.58. The van der Waals surface area contributed by atoms with E-state index in [1.54, 1.807) is 13.0 Å². The minimum Gasteiger partial charge on any atom is -0.456 e. The minimum absolute atomic E-state index is 0.0302. The molecule has 0 spiro atoms. The van der Waals surface area contributed by atoms with Gasteiger partial charge >= 0.3 is 5.97 Å². The van der Waals surface area contributed by atoms with Crippen LogP contribution in [0, 0.1) is 65.1 Å². The van der Waals surface area contributed by atoms with Gasteiger partial charge in [0, 0.05) is 30.6 Å². The Morgan fingerprint density at radius 3 is 2.46 bits per heavy atom. The van der Waals surface area contributed by atoms with Crippen LogP contribution in [-0.4, -0.2) is 113 Å². The van der Waals surface area contributed by atoms with E-state index in [4.69, 9.17) is 25.7 Å². The van der Waals surface area contributed by atoms with Crippen LogP contribution in [0.4, 0.5) is 0 Å². The number of carbonyl (C=O) groups excluding carboxylic acids is 2. The zero-order valence-electron chi connectivity index (χ0n) is 33.6. The number of fused-ring (bicyclic) bond motifs is 5. The molecular weight excluding hydrogens is 716 g/mol. The summed E-state index contributed by atoms with van der Waals surface area (Å²) in [4.78, 5) is 28.1. The number of aliphatic hydroxyl groups is 4. The van der Waals surface area contributed by atoms with Crippen LogP contribution in [-0.2, 0) is 23.8 Å². The zero-order valence-corrected chi connectivity index (χ0v) is 33.6. The lowest BCUT2D eigenvalue weighted by Gasteiger charge is -2.63. The first-order valence-corrected chi connectivity index (χ1v) is 22.3. The highest BCUT2D eigenvalue weighted by molar-refractivity contribution is 5.88. The highest BCUT2D eigenvalue weighted by Crippen LogP contribution is 2.60. The molecule has 8 aliphatic rings. The van der Waals surface area contributed by atoms with E-state index in [-0.39, 0.29) is 78.3 Å². The van der Waals surface area contributed by atoms with E-state index in [1.165, 1.54) is 0 Å². The van der Waals surface area contributed by atoms with Crippen molar-refractivity contribution in [1.82, 2.24) is 5.32 Å². The molecule has 5 heterocycles. The molecule has 4 bridgehead atoms. The summed E-state index contributed by atoms with van der Waals surface area (Å²) in [6, 6.07) is 0. The molecule has 8 rings (SSSR count). The fourth-order valence-electron chi connectivity index (χ4n) is 14.0. The smallest absolute Gasteiger partial charge is 0.336 e. The predicted molar refractivity (Wildman–Crippen MR) is 206 cm³/mol. The first kappa shape index (κ1) is 41.2. The number of hydrogen-bond donors (Lipinski definition) is 8. The Bertz CT molecular complexity index is 1440. The number of hydrogen-bond acceptors (Lipinski definition) is 12. The molecule has 3 aliphatic carbocycles. The zero-order chi connectivity index (χ0) is 39.5. The van der Waals surface area contributed by atoms with Crippen molar-refractivity contribution in [3.8, 4) is 0 Å². The van der Waals surface area contributed by atoms with E-state index in [2.05, 4.69) is 17.6 Å². The topological polar surface area (TPSA) is 223 Å². The maximum absolute atomic E-state index is 14.2. The van der Waals surface area contributed by atoms with Gasteiger partial charge in [-0.25, -0.2) is 4.79 Å². The van der Waals surface area contributed by atoms with Crippen LogP contribution in [0.3, 0.4) is 0 Å². The molecule has 3 saturated carbocycles. The molecule has 13 nitrogen and oxygen atoms in total. The number of quaternary nitrogens is 1. The van der Waals surface area contributed by atoms with E-state index >= 15 is 0 Å². The molecule has 56 heavy (non-hydrogen) atoms. The normalized spacial score (nSPS) is 51.0. The van der Waals surface area contributed by atoms with Crippen LogP contribution in [0.1, 0.15) is 97.3 Å². The van der Waals surface area contributed by atoms with Crippen molar-refractivity contribution < 1.29 is 49.5 Å². The largest absolute Gasteiger partial charge is 0.456 e. The Hall–Kier alpha value is -1.52. The lowest BCUT2D eigenvalue weighted by atomic mass is 9.52. The first-order chi connectivity index (χ1) is 26.9. The number of esters is 1. The van der Waals surface area contributed by atoms with Crippen LogP contribution in [0.15, 0.2) is 11.6 Å². The Labute approximate surface area is 332 Å². The van der Waals surface area contributed by atoms with Gasteiger partial charge in [0.25, 0.3) is 0 Å². The van der Waals surface area contributed by atoms with Crippen LogP contribution >= 0.6 is 0 Å². The van der Waals surface area contributed by atoms with E-state index in [0.29, 0.717) is 24.2 Å². The van der Waals surface area contributed by atoms with Gasteiger partial charge in [0.2, 0.25) is 0 Å². The van der Waals surface area contributed by atoms with Crippen molar-refractivity contribution in [3.63, 3.8) is 0 Å². The molecule has 0 aromatic carbocycles. The summed E-state index contributed by atoms with van der Waals surface area (Å²) in [6.07, 6.45) is 7.83. The molecular formula is C43H71N4O9+. The van der Waals surface area contributed by atoms with E-state index < -0.39 is 60.5 Å². The van der Waals surface area contributed by atoms with Crippen LogP contribution < -0.4 is 22.1 Å². The quantitative estimate of drug-likeness (QED) is 0.138. The van der Waals surface area contributed by atoms with Crippen LogP contribution in [0.2, 0.25) is 0 Å². The van der Waals surface area contributed by atoms with Gasteiger partial charge in [0.05, 0.1) is 67.9 Å². The number of rotatable bonds is 6. The minimum atomic E-state index is -1.09. The number of nitrogens with one attached hydrogen (secondary N) is 1. The summed E-state index contributed by atoms with van der Waals surface area (Å²) in [5.74, 6) is -0.579. The van der Waals surface area contributed by atoms with Crippen LogP contribution in [0.25, 0.3) is 0 Å². The van der Waals surface area contributed by atoms with Crippen molar-refractivity contribution >= 4 is 11.8 Å². The second kappa shape index (κ2) is 16.9. The average Bonchev–Trinajstić information content (AvgIpc) is 3.23. The standard InChI is InChI=1S/C43H70N4O9/c1-3-22(19-48)42(53)55-33-17-31-38(52)37-32(51)16-28(20-49)54-40(37)36-30-15-25-14-27(50)8-7-23(25)5-6-24(35-29(30)10-11-46-41(35)45)13-26(43(33,2)56-39(31)36)12-21-4-9-34(44)47-18-21/h3,21,23-31,33-41,46-50,52H,4-20,44-45H2,1-2H3/p+1. The molecule has 316 valence electrons. The Morgan fingerprint density at radius 2 is 1.73 bits per heavy atom. The molecule has 0 aromatic heterocycles. The Morgan fingerprint density at radius 1 is 0.946 bits per heavy atom. The van der Waals surface area contributed by atoms with Gasteiger partial charge in [-0.15, -0.1) is 0 Å². The molecule has 11 N–H and O–H groups in total. The third-order valence-corrected chi connectivity index (χ3v) is 16.9. The number of ketones is 1. The Kier molecular flexibility index (Phi) is 12.4. The summed E-state index contributed by atoms with van der Waals surface area (Å²) in [6.45, 7) is 4.80. The highest BCUT2D eigenvalue weighted by Gasteiger charge is 2.66. The van der Waals surface area contributed by atoms with E-state index in [9.17, 15) is 30.0 Å². The number of nitrogens with two attached hydrogens (primary N) is 3. The van der Waals surface area contributed by atoms with Gasteiger partial charge in [-0.2, -0.15) is 0 Å². The van der Waals surface area contributed by atoms with Gasteiger partial charge in [-0.3, -0.25) is 10.5 Å². The maximum Gasteiger partial charge on any atom is 0.336 e. The number of carbonyl (C=O) groups is 2. The number of Topliss-reactive ketones (excluding diaryl/α,β-unsaturated/α-hetero) is 1. The van der Waals surface area contributed by atoms with Gasteiger partial charge in [0.15, 0.2) is 0 Å². The fourth-order valence-corrected chi connectivity index (χ4v) is 14.0. The Balaban J connectivity index is 1.31. The van der Waals surface area contributed by atoms with Crippen molar-refractivity contribution in [2.75, 3.05) is 26.3 Å². The molecule has 0 radical (unpaired) electrons. The van der Waals surface area contributed by atoms with Crippen molar-refractivity contribution in [2.45, 2.75) is 152 Å². The fraction of sp³-hybridized carbons (Fsp3) is 0.907. The molecule has 5 saturated heterocycles. The lowest BCUT2D eigenvalue weighted by Crippen LogP contribution is -2.95. The molecule has 0 aromatic rings. The summed E-state index contributed by atoms with van der Waals surface area (Å²) >= 11 is 0. The van der Waals surface area contributed by atoms with Crippen LogP contribution in [0.5, 0.6) is 0 Å². The number of piperidine rings is 2. The number of allylic oxidation sites excluding steroid dienone is 1. The summed E-state index contributed by atoms with van der Waals surface area (Å²) in [7, 11) is 0. The van der Waals surface area contributed by atoms with E-state index in [1.807, 2.05) is 0 Å². The van der Waals surface area contributed by atoms with Crippen molar-refractivity contribution in [3.05, 3.63) is 11.6 Å². The van der Waals surface area contributed by atoms with E-state index in [0.717, 1.165) is 83.7 Å². The van der Waals surface area contributed by atoms with Gasteiger partial charge < -0.3 is 51.0 Å². The third-order valence-electron chi connectivity index (χ3n) is 16.9. The van der Waals surface area contributed by atoms with Crippen molar-refractivity contribution in [1.29, 1.82) is 0 Å². The van der Waals surface area contributed by atoms with Gasteiger partial charge in [-0.1, -0.05) is 6.08 Å². The lowest BCUT2D eigenvalue weighted by molar-refractivity contribution is -0.703. The maximum atomic E-state index is 14.2. The molecule has 0 amide bonds.